The lowest BCUT2D eigenvalue weighted by molar-refractivity contribution is -0.135. The standard InChI is InChI=1S/C12H21N3O2/c16-11(14-10-4-1-2-5-10)9-15-7-3-6-13-8-12(15)17/h10,13H,1-9H2,(H,14,16). The highest BCUT2D eigenvalue weighted by Gasteiger charge is 2.21. The van der Waals surface area contributed by atoms with Gasteiger partial charge in [-0.25, -0.2) is 0 Å². The highest BCUT2D eigenvalue weighted by Crippen LogP contribution is 2.17. The number of nitrogens with zero attached hydrogens (tertiary/aromatic N) is 1. The van der Waals surface area contributed by atoms with E-state index in [1.165, 1.54) is 12.8 Å². The third-order valence-corrected chi connectivity index (χ3v) is 3.47. The Hall–Kier alpha value is -1.10. The lowest BCUT2D eigenvalue weighted by Crippen LogP contribution is -2.44. The maximum Gasteiger partial charge on any atom is 0.239 e. The highest BCUT2D eigenvalue weighted by atomic mass is 16.2. The maximum absolute atomic E-state index is 11.8. The topological polar surface area (TPSA) is 61.4 Å². The Labute approximate surface area is 102 Å². The Morgan fingerprint density at radius 1 is 1.35 bits per heavy atom. The zero-order chi connectivity index (χ0) is 12.1. The van der Waals surface area contributed by atoms with Gasteiger partial charge < -0.3 is 15.5 Å². The molecule has 96 valence electrons. The van der Waals surface area contributed by atoms with E-state index >= 15 is 0 Å². The number of carbonyl (C=O) groups excluding carboxylic acids is 2. The predicted molar refractivity (Wildman–Crippen MR) is 64.5 cm³/mol. The average molecular weight is 239 g/mol. The van der Waals surface area contributed by atoms with Gasteiger partial charge in [-0.3, -0.25) is 9.59 Å². The fraction of sp³-hybridized carbons (Fsp3) is 0.833. The summed E-state index contributed by atoms with van der Waals surface area (Å²) >= 11 is 0. The van der Waals surface area contributed by atoms with Crippen molar-refractivity contribution in [2.45, 2.75) is 38.1 Å². The maximum atomic E-state index is 11.8. The zero-order valence-corrected chi connectivity index (χ0v) is 10.2. The Morgan fingerprint density at radius 2 is 2.12 bits per heavy atom. The number of amides is 2. The molecule has 0 aromatic rings. The van der Waals surface area contributed by atoms with E-state index in [-0.39, 0.29) is 18.4 Å². The van der Waals surface area contributed by atoms with Gasteiger partial charge in [0.05, 0.1) is 13.1 Å². The minimum atomic E-state index is -0.00727. The molecule has 1 saturated carbocycles. The van der Waals surface area contributed by atoms with Crippen LogP contribution < -0.4 is 10.6 Å². The van der Waals surface area contributed by atoms with Crippen LogP contribution in [-0.2, 0) is 9.59 Å². The molecule has 2 N–H and O–H groups in total. The first-order valence-electron chi connectivity index (χ1n) is 6.53. The van der Waals surface area contributed by atoms with Crippen LogP contribution in [0.5, 0.6) is 0 Å². The number of hydrogen-bond donors (Lipinski definition) is 2. The summed E-state index contributed by atoms with van der Waals surface area (Å²) in [5, 5.41) is 6.06. The van der Waals surface area contributed by atoms with Gasteiger partial charge in [0.2, 0.25) is 11.8 Å². The van der Waals surface area contributed by atoms with Crippen molar-refractivity contribution in [2.24, 2.45) is 0 Å². The van der Waals surface area contributed by atoms with Crippen molar-refractivity contribution in [3.05, 3.63) is 0 Å². The summed E-state index contributed by atoms with van der Waals surface area (Å²) in [5.74, 6) is 0.0243. The molecule has 0 unspecified atom stereocenters. The van der Waals surface area contributed by atoms with Gasteiger partial charge in [-0.05, 0) is 25.8 Å². The molecule has 5 nitrogen and oxygen atoms in total. The summed E-state index contributed by atoms with van der Waals surface area (Å²) in [6.45, 7) is 2.12. The Kier molecular flexibility index (Phi) is 4.36. The molecule has 1 aliphatic carbocycles. The fourth-order valence-corrected chi connectivity index (χ4v) is 2.51. The van der Waals surface area contributed by atoms with Gasteiger partial charge in [0, 0.05) is 12.6 Å². The molecule has 2 amide bonds. The third kappa shape index (κ3) is 3.70. The minimum absolute atomic E-state index is 0.00727. The average Bonchev–Trinajstić information content (AvgIpc) is 2.71. The minimum Gasteiger partial charge on any atom is -0.352 e. The molecule has 0 bridgehead atoms. The molecule has 1 saturated heterocycles. The second kappa shape index (κ2) is 6.00. The molecule has 0 aromatic heterocycles. The second-order valence-corrected chi connectivity index (χ2v) is 4.89. The molecule has 0 aromatic carbocycles. The van der Waals surface area contributed by atoms with E-state index in [0.29, 0.717) is 19.1 Å². The number of carbonyl (C=O) groups is 2. The molecule has 1 heterocycles. The largest absolute Gasteiger partial charge is 0.352 e. The van der Waals surface area contributed by atoms with Gasteiger partial charge in [-0.1, -0.05) is 12.8 Å². The Morgan fingerprint density at radius 3 is 2.88 bits per heavy atom. The summed E-state index contributed by atoms with van der Waals surface area (Å²) in [6, 6.07) is 0.336. The van der Waals surface area contributed by atoms with Gasteiger partial charge in [-0.2, -0.15) is 0 Å². The fourth-order valence-electron chi connectivity index (χ4n) is 2.51. The molecule has 0 radical (unpaired) electrons. The van der Waals surface area contributed by atoms with Gasteiger partial charge in [-0.15, -0.1) is 0 Å². The SMILES string of the molecule is O=C(CN1CCCNCC1=O)NC1CCCC1. The van der Waals surface area contributed by atoms with Crippen LogP contribution in [0.2, 0.25) is 0 Å². The second-order valence-electron chi connectivity index (χ2n) is 4.89. The van der Waals surface area contributed by atoms with Crippen LogP contribution in [0.25, 0.3) is 0 Å². The van der Waals surface area contributed by atoms with E-state index in [4.69, 9.17) is 0 Å². The van der Waals surface area contributed by atoms with E-state index in [2.05, 4.69) is 10.6 Å². The van der Waals surface area contributed by atoms with Gasteiger partial charge >= 0.3 is 0 Å². The molecule has 1 aliphatic heterocycles. The van der Waals surface area contributed by atoms with Crippen molar-refractivity contribution in [3.63, 3.8) is 0 Å². The van der Waals surface area contributed by atoms with E-state index in [9.17, 15) is 9.59 Å². The van der Waals surface area contributed by atoms with Gasteiger partial charge in [0.25, 0.3) is 0 Å². The van der Waals surface area contributed by atoms with Crippen LogP contribution in [0.4, 0.5) is 0 Å². The van der Waals surface area contributed by atoms with Crippen molar-refractivity contribution in [2.75, 3.05) is 26.2 Å². The van der Waals surface area contributed by atoms with E-state index in [1.54, 1.807) is 4.90 Å². The summed E-state index contributed by atoms with van der Waals surface area (Å²) in [4.78, 5) is 25.1. The molecule has 2 aliphatic rings. The smallest absolute Gasteiger partial charge is 0.239 e. The Balaban J connectivity index is 1.77. The summed E-state index contributed by atoms with van der Waals surface area (Å²) in [6.07, 6.45) is 5.50. The number of rotatable bonds is 3. The lowest BCUT2D eigenvalue weighted by Gasteiger charge is -2.21. The molecule has 17 heavy (non-hydrogen) atoms. The molecule has 5 heteroatoms. The van der Waals surface area contributed by atoms with Crippen LogP contribution >= 0.6 is 0 Å². The van der Waals surface area contributed by atoms with Crippen LogP contribution in [0, 0.1) is 0 Å². The first kappa shape index (κ1) is 12.4. The van der Waals surface area contributed by atoms with Gasteiger partial charge in [0.1, 0.15) is 0 Å². The predicted octanol–water partition coefficient (Wildman–Crippen LogP) is -0.133. The van der Waals surface area contributed by atoms with Crippen molar-refractivity contribution >= 4 is 11.8 Å². The molecule has 0 atom stereocenters. The van der Waals surface area contributed by atoms with Crippen LogP contribution in [0.3, 0.4) is 0 Å². The van der Waals surface area contributed by atoms with E-state index < -0.39 is 0 Å². The first-order valence-corrected chi connectivity index (χ1v) is 6.53. The summed E-state index contributed by atoms with van der Waals surface area (Å²) in [7, 11) is 0. The third-order valence-electron chi connectivity index (χ3n) is 3.47. The normalized spacial score (nSPS) is 22.6. The van der Waals surface area contributed by atoms with Crippen LogP contribution in [0.1, 0.15) is 32.1 Å². The molecular formula is C12H21N3O2. The van der Waals surface area contributed by atoms with Crippen molar-refractivity contribution in [3.8, 4) is 0 Å². The highest BCUT2D eigenvalue weighted by molar-refractivity contribution is 5.86. The van der Waals surface area contributed by atoms with Crippen molar-refractivity contribution in [1.82, 2.24) is 15.5 Å². The monoisotopic (exact) mass is 239 g/mol. The molecule has 0 spiro atoms. The van der Waals surface area contributed by atoms with Crippen molar-refractivity contribution in [1.29, 1.82) is 0 Å². The first-order chi connectivity index (χ1) is 8.25. The van der Waals surface area contributed by atoms with Gasteiger partial charge in [0.15, 0.2) is 0 Å². The molecule has 2 rings (SSSR count). The van der Waals surface area contributed by atoms with Crippen LogP contribution in [-0.4, -0.2) is 48.9 Å². The lowest BCUT2D eigenvalue weighted by atomic mass is 10.2. The van der Waals surface area contributed by atoms with Crippen LogP contribution in [0.15, 0.2) is 0 Å². The quantitative estimate of drug-likeness (QED) is 0.721. The Bertz CT molecular complexity index is 287. The number of hydrogen-bond acceptors (Lipinski definition) is 3. The van der Waals surface area contributed by atoms with E-state index in [1.807, 2.05) is 0 Å². The molecule has 2 fully saturated rings. The van der Waals surface area contributed by atoms with E-state index in [0.717, 1.165) is 25.8 Å². The van der Waals surface area contributed by atoms with Crippen molar-refractivity contribution < 1.29 is 9.59 Å². The summed E-state index contributed by atoms with van der Waals surface area (Å²) < 4.78 is 0. The summed E-state index contributed by atoms with van der Waals surface area (Å²) in [5.41, 5.74) is 0. The zero-order valence-electron chi connectivity index (χ0n) is 10.2. The molecular weight excluding hydrogens is 218 g/mol. The number of nitrogens with one attached hydrogen (secondary N) is 2.